The molecular weight excluding hydrogens is 370 g/mol. The zero-order valence-corrected chi connectivity index (χ0v) is 16.8. The summed E-state index contributed by atoms with van der Waals surface area (Å²) in [5.74, 6) is 0.104. The summed E-state index contributed by atoms with van der Waals surface area (Å²) in [6, 6.07) is 21.4. The smallest absolute Gasteiger partial charge is 0.254 e. The van der Waals surface area contributed by atoms with Crippen LogP contribution in [0, 0.1) is 6.92 Å². The van der Waals surface area contributed by atoms with Gasteiger partial charge in [-0.3, -0.25) is 14.2 Å². The normalized spacial score (nSPS) is 11.8. The third kappa shape index (κ3) is 5.33. The highest BCUT2D eigenvalue weighted by molar-refractivity contribution is 7.99. The molecule has 0 aliphatic carbocycles. The summed E-state index contributed by atoms with van der Waals surface area (Å²) in [6.45, 7) is 1.77. The molecule has 0 bridgehead atoms. The van der Waals surface area contributed by atoms with Gasteiger partial charge in [0.1, 0.15) is 0 Å². The van der Waals surface area contributed by atoms with Crippen molar-refractivity contribution in [3.05, 3.63) is 93.9 Å². The minimum Gasteiger partial charge on any atom is -0.348 e. The van der Waals surface area contributed by atoms with Crippen LogP contribution in [0.25, 0.3) is 0 Å². The number of hydrogen-bond donors (Lipinski definition) is 1. The molecule has 1 amide bonds. The summed E-state index contributed by atoms with van der Waals surface area (Å²) >= 11 is 1.27. The highest BCUT2D eigenvalue weighted by Gasteiger charge is 2.16. The van der Waals surface area contributed by atoms with Crippen molar-refractivity contribution in [1.29, 1.82) is 0 Å². The summed E-state index contributed by atoms with van der Waals surface area (Å²) in [4.78, 5) is 28.9. The topological polar surface area (TPSA) is 64.0 Å². The van der Waals surface area contributed by atoms with E-state index in [-0.39, 0.29) is 23.3 Å². The van der Waals surface area contributed by atoms with Crippen LogP contribution in [0.15, 0.2) is 76.7 Å². The maximum atomic E-state index is 12.6. The Hall–Kier alpha value is -2.86. The van der Waals surface area contributed by atoms with Crippen molar-refractivity contribution < 1.29 is 4.79 Å². The molecule has 0 aliphatic heterocycles. The molecule has 28 heavy (non-hydrogen) atoms. The second-order valence-corrected chi connectivity index (χ2v) is 7.53. The molecule has 0 spiro atoms. The monoisotopic (exact) mass is 393 g/mol. The number of benzene rings is 2. The average Bonchev–Trinajstić information content (AvgIpc) is 2.70. The Bertz CT molecular complexity index is 988. The molecule has 0 saturated heterocycles. The first-order valence-corrected chi connectivity index (χ1v) is 10.1. The van der Waals surface area contributed by atoms with Crippen LogP contribution in [-0.2, 0) is 18.3 Å². The van der Waals surface area contributed by atoms with E-state index in [1.54, 1.807) is 14.0 Å². The van der Waals surface area contributed by atoms with E-state index in [4.69, 9.17) is 0 Å². The van der Waals surface area contributed by atoms with Crippen LogP contribution in [0.2, 0.25) is 0 Å². The minimum absolute atomic E-state index is 0.0921. The number of thioether (sulfide) groups is 1. The van der Waals surface area contributed by atoms with Gasteiger partial charge >= 0.3 is 0 Å². The number of nitrogens with zero attached hydrogens (tertiary/aromatic N) is 2. The Balaban J connectivity index is 1.70. The van der Waals surface area contributed by atoms with E-state index >= 15 is 0 Å². The minimum atomic E-state index is -0.123. The number of carbonyl (C=O) groups is 1. The maximum Gasteiger partial charge on any atom is 0.254 e. The number of carbonyl (C=O) groups excluding carboxylic acids is 1. The lowest BCUT2D eigenvalue weighted by atomic mass is 9.99. The summed E-state index contributed by atoms with van der Waals surface area (Å²) in [7, 11) is 1.66. The van der Waals surface area contributed by atoms with Gasteiger partial charge in [-0.2, -0.15) is 0 Å². The van der Waals surface area contributed by atoms with Gasteiger partial charge in [0.05, 0.1) is 11.8 Å². The van der Waals surface area contributed by atoms with Crippen LogP contribution in [0.4, 0.5) is 0 Å². The molecule has 0 radical (unpaired) electrons. The first-order chi connectivity index (χ1) is 13.5. The van der Waals surface area contributed by atoms with Gasteiger partial charge in [0.15, 0.2) is 5.16 Å². The molecular formula is C22H23N3O2S. The van der Waals surface area contributed by atoms with E-state index in [9.17, 15) is 9.59 Å². The molecule has 6 heteroatoms. The predicted molar refractivity (Wildman–Crippen MR) is 112 cm³/mol. The van der Waals surface area contributed by atoms with Gasteiger partial charge in [-0.05, 0) is 24.5 Å². The fourth-order valence-electron chi connectivity index (χ4n) is 2.91. The Kier molecular flexibility index (Phi) is 6.66. The molecule has 5 nitrogen and oxygen atoms in total. The molecule has 3 rings (SSSR count). The molecule has 1 aromatic heterocycles. The molecule has 2 aromatic carbocycles. The van der Waals surface area contributed by atoms with E-state index in [0.29, 0.717) is 17.3 Å². The maximum absolute atomic E-state index is 12.6. The van der Waals surface area contributed by atoms with Crippen molar-refractivity contribution in [3.63, 3.8) is 0 Å². The zero-order valence-electron chi connectivity index (χ0n) is 16.0. The summed E-state index contributed by atoms with van der Waals surface area (Å²) in [5.41, 5.74) is 2.75. The zero-order chi connectivity index (χ0) is 19.9. The molecule has 3 aromatic rings. The van der Waals surface area contributed by atoms with E-state index in [2.05, 4.69) is 22.4 Å². The van der Waals surface area contributed by atoms with Crippen molar-refractivity contribution >= 4 is 17.7 Å². The van der Waals surface area contributed by atoms with Crippen LogP contribution in [-0.4, -0.2) is 21.2 Å². The number of nitrogens with one attached hydrogen (secondary N) is 1. The third-order valence-electron chi connectivity index (χ3n) is 4.37. The first-order valence-electron chi connectivity index (χ1n) is 9.08. The van der Waals surface area contributed by atoms with E-state index < -0.39 is 0 Å². The molecule has 0 saturated carbocycles. The SMILES string of the molecule is Cc1cc(=O)n(C)c(SCC(=O)NC(Cc2ccccc2)c2ccccc2)n1. The quantitative estimate of drug-likeness (QED) is 0.494. The van der Waals surface area contributed by atoms with Gasteiger partial charge in [0.25, 0.3) is 5.56 Å². The van der Waals surface area contributed by atoms with Crippen molar-refractivity contribution in [2.75, 3.05) is 5.75 Å². The van der Waals surface area contributed by atoms with Gasteiger partial charge in [-0.25, -0.2) is 4.98 Å². The van der Waals surface area contributed by atoms with Crippen LogP contribution < -0.4 is 10.9 Å². The fourth-order valence-corrected chi connectivity index (χ4v) is 3.75. The lowest BCUT2D eigenvalue weighted by Crippen LogP contribution is -2.31. The highest BCUT2D eigenvalue weighted by atomic mass is 32.2. The standard InChI is InChI=1S/C22H23N3O2S/c1-16-13-21(27)25(2)22(23-16)28-15-20(26)24-19(18-11-7-4-8-12-18)14-17-9-5-3-6-10-17/h3-13,19H,14-15H2,1-2H3,(H,24,26). The summed E-state index contributed by atoms with van der Waals surface area (Å²) in [5, 5.41) is 3.67. The Labute approximate surface area is 168 Å². The fraction of sp³-hybridized carbons (Fsp3) is 0.227. The second-order valence-electron chi connectivity index (χ2n) is 6.59. The average molecular weight is 394 g/mol. The van der Waals surface area contributed by atoms with Crippen LogP contribution >= 0.6 is 11.8 Å². The Morgan fingerprint density at radius 3 is 2.43 bits per heavy atom. The van der Waals surface area contributed by atoms with Crippen LogP contribution in [0.5, 0.6) is 0 Å². The van der Waals surface area contributed by atoms with Crippen LogP contribution in [0.1, 0.15) is 22.9 Å². The lowest BCUT2D eigenvalue weighted by Gasteiger charge is -2.19. The van der Waals surface area contributed by atoms with E-state index in [0.717, 1.165) is 11.1 Å². The molecule has 1 heterocycles. The van der Waals surface area contributed by atoms with Crippen molar-refractivity contribution in [3.8, 4) is 0 Å². The van der Waals surface area contributed by atoms with Crippen molar-refractivity contribution in [2.45, 2.75) is 24.5 Å². The van der Waals surface area contributed by atoms with Crippen molar-refractivity contribution in [1.82, 2.24) is 14.9 Å². The lowest BCUT2D eigenvalue weighted by molar-refractivity contribution is -0.119. The second kappa shape index (κ2) is 9.37. The Morgan fingerprint density at radius 1 is 1.11 bits per heavy atom. The largest absolute Gasteiger partial charge is 0.348 e. The van der Waals surface area contributed by atoms with E-state index in [1.165, 1.54) is 22.4 Å². The molecule has 0 fully saturated rings. The molecule has 0 aliphatic rings. The molecule has 1 unspecified atom stereocenters. The first kappa shape index (κ1) is 19.9. The highest BCUT2D eigenvalue weighted by Crippen LogP contribution is 2.19. The van der Waals surface area contributed by atoms with Gasteiger partial charge < -0.3 is 5.32 Å². The number of hydrogen-bond acceptors (Lipinski definition) is 4. The number of amides is 1. The number of rotatable bonds is 7. The number of aromatic nitrogens is 2. The van der Waals surface area contributed by atoms with Crippen LogP contribution in [0.3, 0.4) is 0 Å². The summed E-state index contributed by atoms with van der Waals surface area (Å²) in [6.07, 6.45) is 0.711. The summed E-state index contributed by atoms with van der Waals surface area (Å²) < 4.78 is 1.46. The number of aryl methyl sites for hydroxylation is 1. The van der Waals surface area contributed by atoms with Gasteiger partial charge in [0.2, 0.25) is 5.91 Å². The Morgan fingerprint density at radius 2 is 1.75 bits per heavy atom. The van der Waals surface area contributed by atoms with E-state index in [1.807, 2.05) is 48.5 Å². The van der Waals surface area contributed by atoms with Gasteiger partial charge in [-0.1, -0.05) is 72.4 Å². The molecule has 1 N–H and O–H groups in total. The van der Waals surface area contributed by atoms with Gasteiger partial charge in [-0.15, -0.1) is 0 Å². The van der Waals surface area contributed by atoms with Gasteiger partial charge in [0, 0.05) is 18.8 Å². The predicted octanol–water partition coefficient (Wildman–Crippen LogP) is 3.28. The molecule has 1 atom stereocenters. The van der Waals surface area contributed by atoms with Crippen molar-refractivity contribution in [2.24, 2.45) is 7.05 Å². The molecule has 144 valence electrons. The third-order valence-corrected chi connectivity index (χ3v) is 5.40.